The van der Waals surface area contributed by atoms with Crippen molar-refractivity contribution >= 4 is 23.5 Å². The third-order valence-electron chi connectivity index (χ3n) is 5.09. The van der Waals surface area contributed by atoms with Crippen LogP contribution in [0.15, 0.2) is 23.2 Å². The molecule has 1 aromatic rings. The van der Waals surface area contributed by atoms with Gasteiger partial charge in [-0.2, -0.15) is 0 Å². The van der Waals surface area contributed by atoms with Crippen LogP contribution >= 0.6 is 11.6 Å². The largest absolute Gasteiger partial charge is 0.489 e. The average molecular weight is 368 g/mol. The second kappa shape index (κ2) is 7.20. The van der Waals surface area contributed by atoms with Crippen LogP contribution in [-0.2, 0) is 4.79 Å². The zero-order valence-corrected chi connectivity index (χ0v) is 15.1. The number of nitrogens with zero attached hydrogens (tertiary/aromatic N) is 2. The molecule has 1 fully saturated rings. The fraction of sp³-hybridized carbons (Fsp3) is 0.556. The van der Waals surface area contributed by atoms with Crippen LogP contribution in [0.25, 0.3) is 0 Å². The Balaban J connectivity index is 1.81. The molecule has 1 unspecified atom stereocenters. The SMILES string of the molecule is CN1C(=O)C(COc2cc(F)ccc2Cl)(CC2CCCCC2)N=C1N. The number of carbonyl (C=O) groups is 1. The molecule has 0 saturated heterocycles. The fourth-order valence-corrected chi connectivity index (χ4v) is 3.87. The monoisotopic (exact) mass is 367 g/mol. The normalized spacial score (nSPS) is 24.5. The molecule has 0 aromatic heterocycles. The first-order valence-electron chi connectivity index (χ1n) is 8.63. The van der Waals surface area contributed by atoms with Gasteiger partial charge in [-0.25, -0.2) is 9.38 Å². The predicted octanol–water partition coefficient (Wildman–Crippen LogP) is 3.35. The van der Waals surface area contributed by atoms with Crippen molar-refractivity contribution in [1.29, 1.82) is 0 Å². The Kier molecular flexibility index (Phi) is 5.18. The second-order valence-electron chi connectivity index (χ2n) is 6.94. The van der Waals surface area contributed by atoms with Gasteiger partial charge in [0, 0.05) is 13.1 Å². The van der Waals surface area contributed by atoms with Gasteiger partial charge in [-0.05, 0) is 24.5 Å². The van der Waals surface area contributed by atoms with E-state index in [4.69, 9.17) is 22.1 Å². The molecule has 1 heterocycles. The lowest BCUT2D eigenvalue weighted by molar-refractivity contribution is -0.132. The van der Waals surface area contributed by atoms with Gasteiger partial charge in [-0.15, -0.1) is 0 Å². The number of aliphatic imine (C=N–C) groups is 1. The summed E-state index contributed by atoms with van der Waals surface area (Å²) in [7, 11) is 1.61. The first kappa shape index (κ1) is 18.0. The van der Waals surface area contributed by atoms with E-state index in [-0.39, 0.29) is 24.2 Å². The summed E-state index contributed by atoms with van der Waals surface area (Å²) in [5, 5.41) is 0.296. The number of rotatable bonds is 5. The van der Waals surface area contributed by atoms with E-state index >= 15 is 0 Å². The molecule has 1 amide bonds. The summed E-state index contributed by atoms with van der Waals surface area (Å²) in [6.45, 7) is -0.00343. The number of ether oxygens (including phenoxy) is 1. The van der Waals surface area contributed by atoms with Gasteiger partial charge in [0.1, 0.15) is 18.2 Å². The van der Waals surface area contributed by atoms with Crippen LogP contribution in [0.5, 0.6) is 5.75 Å². The summed E-state index contributed by atoms with van der Waals surface area (Å²) >= 11 is 6.07. The van der Waals surface area contributed by atoms with Crippen molar-refractivity contribution in [2.75, 3.05) is 13.7 Å². The minimum atomic E-state index is -1.06. The summed E-state index contributed by atoms with van der Waals surface area (Å²) in [6.07, 6.45) is 6.31. The molecule has 1 aliphatic heterocycles. The van der Waals surface area contributed by atoms with Crippen LogP contribution < -0.4 is 10.5 Å². The molecular weight excluding hydrogens is 345 g/mol. The molecule has 2 aliphatic rings. The molecule has 3 rings (SSSR count). The zero-order valence-electron chi connectivity index (χ0n) is 14.3. The molecule has 1 aliphatic carbocycles. The number of hydrogen-bond acceptors (Lipinski definition) is 4. The minimum absolute atomic E-state index is 0.00343. The summed E-state index contributed by atoms with van der Waals surface area (Å²) < 4.78 is 19.2. The highest BCUT2D eigenvalue weighted by molar-refractivity contribution is 6.32. The number of carbonyl (C=O) groups excluding carboxylic acids is 1. The van der Waals surface area contributed by atoms with Crippen molar-refractivity contribution in [3.8, 4) is 5.75 Å². The second-order valence-corrected chi connectivity index (χ2v) is 7.34. The van der Waals surface area contributed by atoms with Crippen molar-refractivity contribution in [1.82, 2.24) is 4.90 Å². The van der Waals surface area contributed by atoms with E-state index in [0.29, 0.717) is 17.4 Å². The van der Waals surface area contributed by atoms with Crippen LogP contribution in [0.3, 0.4) is 0 Å². The molecule has 0 radical (unpaired) electrons. The van der Waals surface area contributed by atoms with Crippen molar-refractivity contribution in [3.05, 3.63) is 29.0 Å². The first-order valence-corrected chi connectivity index (χ1v) is 9.00. The molecule has 25 heavy (non-hydrogen) atoms. The Labute approximate surface area is 152 Å². The van der Waals surface area contributed by atoms with E-state index in [2.05, 4.69) is 4.99 Å². The Hall–Kier alpha value is -1.82. The molecule has 136 valence electrons. The lowest BCUT2D eigenvalue weighted by atomic mass is 9.79. The maximum absolute atomic E-state index is 13.5. The molecule has 1 atom stereocenters. The quantitative estimate of drug-likeness (QED) is 0.867. The Bertz CT molecular complexity index is 691. The Morgan fingerprint density at radius 3 is 2.76 bits per heavy atom. The van der Waals surface area contributed by atoms with Gasteiger partial charge < -0.3 is 10.5 Å². The summed E-state index contributed by atoms with van der Waals surface area (Å²) in [5.41, 5.74) is 4.83. The van der Waals surface area contributed by atoms with Crippen molar-refractivity contribution in [3.63, 3.8) is 0 Å². The maximum atomic E-state index is 13.5. The first-order chi connectivity index (χ1) is 11.9. The topological polar surface area (TPSA) is 67.9 Å². The smallest absolute Gasteiger partial charge is 0.260 e. The van der Waals surface area contributed by atoms with Crippen LogP contribution in [-0.4, -0.2) is 36.0 Å². The molecule has 7 heteroatoms. The van der Waals surface area contributed by atoms with E-state index < -0.39 is 11.4 Å². The third kappa shape index (κ3) is 3.73. The van der Waals surface area contributed by atoms with Gasteiger partial charge in [-0.1, -0.05) is 43.7 Å². The lowest BCUT2D eigenvalue weighted by Crippen LogP contribution is -2.47. The lowest BCUT2D eigenvalue weighted by Gasteiger charge is -2.31. The number of benzene rings is 1. The standard InChI is InChI=1S/C18H23ClFN3O2/c1-23-16(24)18(22-17(23)21,10-12-5-3-2-4-6-12)11-25-15-9-13(20)7-8-14(15)19/h7-9,12H,2-6,10-11H2,1H3,(H2,21,22). The van der Waals surface area contributed by atoms with Crippen molar-refractivity contribution in [2.24, 2.45) is 16.6 Å². The van der Waals surface area contributed by atoms with Gasteiger partial charge in [0.25, 0.3) is 5.91 Å². The number of halogens is 2. The van der Waals surface area contributed by atoms with E-state index in [1.54, 1.807) is 7.05 Å². The van der Waals surface area contributed by atoms with Crippen LogP contribution in [0.1, 0.15) is 38.5 Å². The van der Waals surface area contributed by atoms with E-state index in [1.165, 1.54) is 42.4 Å². The highest BCUT2D eigenvalue weighted by Crippen LogP contribution is 2.36. The highest BCUT2D eigenvalue weighted by Gasteiger charge is 2.48. The van der Waals surface area contributed by atoms with Gasteiger partial charge >= 0.3 is 0 Å². The van der Waals surface area contributed by atoms with Gasteiger partial charge in [0.15, 0.2) is 11.5 Å². The molecule has 1 aromatic carbocycles. The highest BCUT2D eigenvalue weighted by atomic mass is 35.5. The molecule has 1 saturated carbocycles. The van der Waals surface area contributed by atoms with Gasteiger partial charge in [-0.3, -0.25) is 9.69 Å². The van der Waals surface area contributed by atoms with E-state index in [1.807, 2.05) is 0 Å². The molecular formula is C18H23ClFN3O2. The number of guanidine groups is 1. The predicted molar refractivity (Wildman–Crippen MR) is 95.2 cm³/mol. The molecule has 0 spiro atoms. The Morgan fingerprint density at radius 1 is 1.40 bits per heavy atom. The summed E-state index contributed by atoms with van der Waals surface area (Å²) in [4.78, 5) is 18.6. The van der Waals surface area contributed by atoms with Crippen molar-refractivity contribution in [2.45, 2.75) is 44.1 Å². The molecule has 5 nitrogen and oxygen atoms in total. The van der Waals surface area contributed by atoms with Crippen LogP contribution in [0, 0.1) is 11.7 Å². The molecule has 2 N–H and O–H groups in total. The van der Waals surface area contributed by atoms with Crippen molar-refractivity contribution < 1.29 is 13.9 Å². The van der Waals surface area contributed by atoms with E-state index in [0.717, 1.165) is 12.8 Å². The minimum Gasteiger partial charge on any atom is -0.489 e. The third-order valence-corrected chi connectivity index (χ3v) is 5.40. The number of likely N-dealkylation sites (N-methyl/N-ethyl adjacent to an activating group) is 1. The van der Waals surface area contributed by atoms with Crippen LogP contribution in [0.4, 0.5) is 4.39 Å². The van der Waals surface area contributed by atoms with Crippen LogP contribution in [0.2, 0.25) is 5.02 Å². The number of amides is 1. The Morgan fingerprint density at radius 2 is 2.12 bits per heavy atom. The van der Waals surface area contributed by atoms with E-state index in [9.17, 15) is 9.18 Å². The number of hydrogen-bond donors (Lipinski definition) is 1. The summed E-state index contributed by atoms with van der Waals surface area (Å²) in [5.74, 6) is 0.185. The maximum Gasteiger partial charge on any atom is 0.260 e. The molecule has 0 bridgehead atoms. The summed E-state index contributed by atoms with van der Waals surface area (Å²) in [6, 6.07) is 3.91. The fourth-order valence-electron chi connectivity index (χ4n) is 3.70. The van der Waals surface area contributed by atoms with Gasteiger partial charge in [0.2, 0.25) is 0 Å². The zero-order chi connectivity index (χ0) is 18.0. The van der Waals surface area contributed by atoms with Gasteiger partial charge in [0.05, 0.1) is 5.02 Å². The average Bonchev–Trinajstić information content (AvgIpc) is 2.81. The number of nitrogens with two attached hydrogens (primary N) is 1.